The first-order valence-corrected chi connectivity index (χ1v) is 9.64. The molecular formula is C22H27N3O4. The Bertz CT molecular complexity index is 781. The standard InChI is InChI=1S/C22H27N3O4/c1-2-29-15-9-14-23-22(28)20(17-10-5-3-6-11-17)25-19(26)16-24-21(27)18-12-7-4-8-13-18/h3-8,10-13,20H,2,9,14-16H2,1H3,(H,23,28)(H,24,27)(H,25,26)/t20-/m0/s1. The summed E-state index contributed by atoms with van der Waals surface area (Å²) in [4.78, 5) is 37.1. The molecule has 154 valence electrons. The Labute approximate surface area is 170 Å². The van der Waals surface area contributed by atoms with Crippen molar-refractivity contribution < 1.29 is 19.1 Å². The molecule has 3 N–H and O–H groups in total. The first-order chi connectivity index (χ1) is 14.1. The SMILES string of the molecule is CCOCCCNC(=O)[C@@H](NC(=O)CNC(=O)c1ccccc1)c1ccccc1. The monoisotopic (exact) mass is 397 g/mol. The van der Waals surface area contributed by atoms with Gasteiger partial charge in [0.25, 0.3) is 5.91 Å². The lowest BCUT2D eigenvalue weighted by Gasteiger charge is -2.19. The fraction of sp³-hybridized carbons (Fsp3) is 0.318. The van der Waals surface area contributed by atoms with Crippen molar-refractivity contribution in [1.29, 1.82) is 0 Å². The summed E-state index contributed by atoms with van der Waals surface area (Å²) in [5, 5.41) is 8.07. The molecule has 0 saturated carbocycles. The van der Waals surface area contributed by atoms with Gasteiger partial charge in [0.05, 0.1) is 6.54 Å². The zero-order valence-electron chi connectivity index (χ0n) is 16.5. The second kappa shape index (κ2) is 12.3. The third-order valence-electron chi connectivity index (χ3n) is 4.11. The van der Waals surface area contributed by atoms with Gasteiger partial charge in [-0.15, -0.1) is 0 Å². The van der Waals surface area contributed by atoms with Crippen LogP contribution < -0.4 is 16.0 Å². The van der Waals surface area contributed by atoms with E-state index in [1.807, 2.05) is 13.0 Å². The Hall–Kier alpha value is -3.19. The van der Waals surface area contributed by atoms with Gasteiger partial charge in [-0.05, 0) is 31.0 Å². The van der Waals surface area contributed by atoms with Gasteiger partial charge in [-0.2, -0.15) is 0 Å². The van der Waals surface area contributed by atoms with Crippen LogP contribution >= 0.6 is 0 Å². The first-order valence-electron chi connectivity index (χ1n) is 9.64. The zero-order valence-corrected chi connectivity index (χ0v) is 16.5. The highest BCUT2D eigenvalue weighted by Crippen LogP contribution is 2.12. The van der Waals surface area contributed by atoms with Crippen molar-refractivity contribution in [2.24, 2.45) is 0 Å². The van der Waals surface area contributed by atoms with Crippen LogP contribution in [0.3, 0.4) is 0 Å². The fourth-order valence-corrected chi connectivity index (χ4v) is 2.64. The molecule has 0 aliphatic rings. The third kappa shape index (κ3) is 7.75. The number of benzene rings is 2. The van der Waals surface area contributed by atoms with E-state index >= 15 is 0 Å². The minimum atomic E-state index is -0.843. The summed E-state index contributed by atoms with van der Waals surface area (Å²) in [6.45, 7) is 3.32. The Morgan fingerprint density at radius 1 is 0.931 bits per heavy atom. The van der Waals surface area contributed by atoms with Crippen LogP contribution in [0.25, 0.3) is 0 Å². The predicted molar refractivity (Wildman–Crippen MR) is 110 cm³/mol. The first kappa shape index (κ1) is 22.1. The van der Waals surface area contributed by atoms with Gasteiger partial charge in [-0.1, -0.05) is 48.5 Å². The summed E-state index contributed by atoms with van der Waals surface area (Å²) in [6.07, 6.45) is 0.683. The molecule has 3 amide bonds. The normalized spacial score (nSPS) is 11.3. The van der Waals surface area contributed by atoms with Crippen molar-refractivity contribution in [3.63, 3.8) is 0 Å². The third-order valence-corrected chi connectivity index (χ3v) is 4.11. The molecule has 2 rings (SSSR count). The topological polar surface area (TPSA) is 96.5 Å². The molecule has 0 saturated heterocycles. The van der Waals surface area contributed by atoms with E-state index in [9.17, 15) is 14.4 Å². The van der Waals surface area contributed by atoms with Crippen LogP contribution in [0.1, 0.15) is 35.3 Å². The molecule has 7 nitrogen and oxygen atoms in total. The summed E-state index contributed by atoms with van der Waals surface area (Å²) in [6, 6.07) is 16.8. The number of rotatable bonds is 11. The molecule has 0 aliphatic heterocycles. The number of ether oxygens (including phenoxy) is 1. The molecule has 0 fully saturated rings. The van der Waals surface area contributed by atoms with Gasteiger partial charge < -0.3 is 20.7 Å². The van der Waals surface area contributed by atoms with E-state index < -0.39 is 11.9 Å². The molecule has 0 aliphatic carbocycles. The van der Waals surface area contributed by atoms with E-state index in [0.29, 0.717) is 37.3 Å². The van der Waals surface area contributed by atoms with Crippen molar-refractivity contribution in [3.8, 4) is 0 Å². The highest BCUT2D eigenvalue weighted by Gasteiger charge is 2.22. The van der Waals surface area contributed by atoms with Gasteiger partial charge in [0.15, 0.2) is 0 Å². The lowest BCUT2D eigenvalue weighted by atomic mass is 10.1. The van der Waals surface area contributed by atoms with Crippen LogP contribution in [-0.2, 0) is 14.3 Å². The van der Waals surface area contributed by atoms with E-state index in [0.717, 1.165) is 0 Å². The number of amides is 3. The van der Waals surface area contributed by atoms with Crippen LogP contribution in [0.4, 0.5) is 0 Å². The maximum absolute atomic E-state index is 12.6. The van der Waals surface area contributed by atoms with Crippen molar-refractivity contribution in [2.45, 2.75) is 19.4 Å². The number of carbonyl (C=O) groups is 3. The summed E-state index contributed by atoms with van der Waals surface area (Å²) < 4.78 is 5.25. The average Bonchev–Trinajstić information content (AvgIpc) is 2.76. The van der Waals surface area contributed by atoms with Gasteiger partial charge >= 0.3 is 0 Å². The fourth-order valence-electron chi connectivity index (χ4n) is 2.64. The van der Waals surface area contributed by atoms with Crippen molar-refractivity contribution in [1.82, 2.24) is 16.0 Å². The van der Waals surface area contributed by atoms with E-state index in [2.05, 4.69) is 16.0 Å². The van der Waals surface area contributed by atoms with Gasteiger partial charge in [-0.3, -0.25) is 14.4 Å². The smallest absolute Gasteiger partial charge is 0.251 e. The molecule has 0 radical (unpaired) electrons. The summed E-state index contributed by atoms with van der Waals surface area (Å²) in [7, 11) is 0. The number of carbonyl (C=O) groups excluding carboxylic acids is 3. The molecular weight excluding hydrogens is 370 g/mol. The van der Waals surface area contributed by atoms with E-state index in [1.165, 1.54) is 0 Å². The number of nitrogens with one attached hydrogen (secondary N) is 3. The van der Waals surface area contributed by atoms with Crippen LogP contribution in [-0.4, -0.2) is 44.0 Å². The van der Waals surface area contributed by atoms with Crippen molar-refractivity contribution in [2.75, 3.05) is 26.3 Å². The maximum Gasteiger partial charge on any atom is 0.251 e. The Morgan fingerprint density at radius 3 is 2.24 bits per heavy atom. The number of hydrogen-bond donors (Lipinski definition) is 3. The second-order valence-electron chi connectivity index (χ2n) is 6.30. The van der Waals surface area contributed by atoms with E-state index in [1.54, 1.807) is 54.6 Å². The van der Waals surface area contributed by atoms with Gasteiger partial charge in [0.1, 0.15) is 6.04 Å². The van der Waals surface area contributed by atoms with E-state index in [4.69, 9.17) is 4.74 Å². The Balaban J connectivity index is 1.91. The lowest BCUT2D eigenvalue weighted by molar-refractivity contribution is -0.128. The zero-order chi connectivity index (χ0) is 20.9. The lowest BCUT2D eigenvalue weighted by Crippen LogP contribution is -2.44. The molecule has 0 heterocycles. The predicted octanol–water partition coefficient (Wildman–Crippen LogP) is 1.82. The molecule has 0 bridgehead atoms. The molecule has 1 atom stereocenters. The molecule has 7 heteroatoms. The molecule has 2 aromatic rings. The highest BCUT2D eigenvalue weighted by molar-refractivity contribution is 5.97. The van der Waals surface area contributed by atoms with E-state index in [-0.39, 0.29) is 18.4 Å². The molecule has 0 unspecified atom stereocenters. The largest absolute Gasteiger partial charge is 0.382 e. The second-order valence-corrected chi connectivity index (χ2v) is 6.30. The summed E-state index contributed by atoms with van der Waals surface area (Å²) in [5.74, 6) is -1.11. The molecule has 2 aromatic carbocycles. The highest BCUT2D eigenvalue weighted by atomic mass is 16.5. The molecule has 0 aromatic heterocycles. The Kier molecular flexibility index (Phi) is 9.38. The molecule has 0 spiro atoms. The van der Waals surface area contributed by atoms with Gasteiger partial charge in [0, 0.05) is 25.3 Å². The van der Waals surface area contributed by atoms with Gasteiger partial charge in [-0.25, -0.2) is 0 Å². The minimum absolute atomic E-state index is 0.227. The minimum Gasteiger partial charge on any atom is -0.382 e. The maximum atomic E-state index is 12.6. The van der Waals surface area contributed by atoms with Crippen LogP contribution in [0, 0.1) is 0 Å². The van der Waals surface area contributed by atoms with Crippen molar-refractivity contribution in [3.05, 3.63) is 71.8 Å². The van der Waals surface area contributed by atoms with Crippen LogP contribution in [0.2, 0.25) is 0 Å². The Morgan fingerprint density at radius 2 is 1.59 bits per heavy atom. The average molecular weight is 397 g/mol. The summed E-state index contributed by atoms with van der Waals surface area (Å²) >= 11 is 0. The quantitative estimate of drug-likeness (QED) is 0.504. The van der Waals surface area contributed by atoms with Crippen molar-refractivity contribution >= 4 is 17.7 Å². The van der Waals surface area contributed by atoms with Gasteiger partial charge in [0.2, 0.25) is 11.8 Å². The van der Waals surface area contributed by atoms with Crippen LogP contribution in [0.15, 0.2) is 60.7 Å². The number of hydrogen-bond acceptors (Lipinski definition) is 4. The van der Waals surface area contributed by atoms with Crippen LogP contribution in [0.5, 0.6) is 0 Å². The molecule has 29 heavy (non-hydrogen) atoms. The summed E-state index contributed by atoms with van der Waals surface area (Å²) in [5.41, 5.74) is 1.13.